The van der Waals surface area contributed by atoms with Crippen LogP contribution in [0.1, 0.15) is 48.7 Å². The minimum absolute atomic E-state index is 0. The van der Waals surface area contributed by atoms with Gasteiger partial charge in [0.1, 0.15) is 0 Å². The minimum Gasteiger partial charge on any atom is -0.316 e. The van der Waals surface area contributed by atoms with Gasteiger partial charge in [-0.1, -0.05) is 12.8 Å². The highest BCUT2D eigenvalue weighted by atomic mass is 35.5. The minimum atomic E-state index is 0. The lowest BCUT2D eigenvalue weighted by atomic mass is 10.2. The number of hydrogen-bond donors (Lipinski definition) is 1. The van der Waals surface area contributed by atoms with Crippen LogP contribution in [0.15, 0.2) is 0 Å². The molecular weight excluding hydrogens is 222 g/mol. The van der Waals surface area contributed by atoms with Crippen molar-refractivity contribution in [2.75, 3.05) is 7.05 Å². The summed E-state index contributed by atoms with van der Waals surface area (Å²) in [6, 6.07) is 0.661. The summed E-state index contributed by atoms with van der Waals surface area (Å²) in [5.74, 6) is 0. The Bertz CT molecular complexity index is 340. The molecule has 1 aromatic heterocycles. The second kappa shape index (κ2) is 5.69. The maximum absolute atomic E-state index is 4.69. The van der Waals surface area contributed by atoms with Crippen molar-refractivity contribution in [2.24, 2.45) is 0 Å². The number of aryl methyl sites for hydroxylation is 1. The Labute approximate surface area is 104 Å². The molecule has 3 nitrogen and oxygen atoms in total. The number of rotatable bonds is 3. The van der Waals surface area contributed by atoms with Gasteiger partial charge in [-0.15, -0.1) is 12.4 Å². The molecule has 2 rings (SSSR count). The molecule has 0 amide bonds. The van der Waals surface area contributed by atoms with E-state index in [1.807, 2.05) is 7.05 Å². The lowest BCUT2D eigenvalue weighted by molar-refractivity contribution is 0.454. The lowest BCUT2D eigenvalue weighted by Gasteiger charge is -2.12. The van der Waals surface area contributed by atoms with Crippen molar-refractivity contribution in [2.45, 2.75) is 52.1 Å². The monoisotopic (exact) mass is 243 g/mol. The number of nitrogens with zero attached hydrogens (tertiary/aromatic N) is 2. The summed E-state index contributed by atoms with van der Waals surface area (Å²) in [4.78, 5) is 0. The fourth-order valence-corrected chi connectivity index (χ4v) is 2.63. The highest BCUT2D eigenvalue weighted by Gasteiger charge is 2.21. The zero-order valence-corrected chi connectivity index (χ0v) is 11.2. The first kappa shape index (κ1) is 13.5. The van der Waals surface area contributed by atoms with Crippen LogP contribution in [0.5, 0.6) is 0 Å². The quantitative estimate of drug-likeness (QED) is 0.885. The van der Waals surface area contributed by atoms with E-state index in [9.17, 15) is 0 Å². The molecule has 0 saturated heterocycles. The van der Waals surface area contributed by atoms with Gasteiger partial charge in [0, 0.05) is 17.8 Å². The average Bonchev–Trinajstić information content (AvgIpc) is 2.81. The lowest BCUT2D eigenvalue weighted by Crippen LogP contribution is -2.10. The second-order valence-corrected chi connectivity index (χ2v) is 4.56. The molecule has 0 atom stereocenters. The van der Waals surface area contributed by atoms with E-state index in [4.69, 9.17) is 0 Å². The molecule has 92 valence electrons. The van der Waals surface area contributed by atoms with Gasteiger partial charge >= 0.3 is 0 Å². The van der Waals surface area contributed by atoms with E-state index in [1.165, 1.54) is 42.6 Å². The topological polar surface area (TPSA) is 29.9 Å². The maximum atomic E-state index is 4.69. The summed E-state index contributed by atoms with van der Waals surface area (Å²) in [6.45, 7) is 5.25. The van der Waals surface area contributed by atoms with Crippen molar-refractivity contribution in [1.29, 1.82) is 0 Å². The highest BCUT2D eigenvalue weighted by Crippen LogP contribution is 2.31. The largest absolute Gasteiger partial charge is 0.316 e. The number of halogens is 1. The summed E-state index contributed by atoms with van der Waals surface area (Å²) >= 11 is 0. The van der Waals surface area contributed by atoms with Crippen LogP contribution in [0.4, 0.5) is 0 Å². The Hall–Kier alpha value is -0.540. The van der Waals surface area contributed by atoms with E-state index >= 15 is 0 Å². The Morgan fingerprint density at radius 3 is 2.50 bits per heavy atom. The normalized spacial score (nSPS) is 16.4. The van der Waals surface area contributed by atoms with Gasteiger partial charge in [0.2, 0.25) is 0 Å². The van der Waals surface area contributed by atoms with Crippen molar-refractivity contribution in [3.63, 3.8) is 0 Å². The van der Waals surface area contributed by atoms with E-state index in [-0.39, 0.29) is 12.4 Å². The third-order valence-electron chi connectivity index (χ3n) is 3.50. The predicted molar refractivity (Wildman–Crippen MR) is 69.2 cm³/mol. The molecule has 1 aromatic rings. The molecule has 1 N–H and O–H groups in total. The molecule has 0 radical (unpaired) electrons. The van der Waals surface area contributed by atoms with Crippen LogP contribution in [0.3, 0.4) is 0 Å². The fraction of sp³-hybridized carbons (Fsp3) is 0.750. The smallest absolute Gasteiger partial charge is 0.0641 e. The fourth-order valence-electron chi connectivity index (χ4n) is 2.63. The van der Waals surface area contributed by atoms with E-state index in [2.05, 4.69) is 28.9 Å². The Morgan fingerprint density at radius 1 is 1.31 bits per heavy atom. The van der Waals surface area contributed by atoms with Crippen molar-refractivity contribution in [3.05, 3.63) is 17.0 Å². The molecule has 1 heterocycles. The molecule has 0 unspecified atom stereocenters. The SMILES string of the molecule is CNCc1c(C)nn(C2CCCC2)c1C.Cl. The standard InChI is InChI=1S/C12H21N3.ClH/c1-9-12(8-13-3)10(2)15(14-9)11-6-4-5-7-11;/h11,13H,4-8H2,1-3H3;1H. The van der Waals surface area contributed by atoms with Gasteiger partial charge < -0.3 is 5.32 Å². The first-order valence-electron chi connectivity index (χ1n) is 5.93. The van der Waals surface area contributed by atoms with Gasteiger partial charge in [-0.2, -0.15) is 5.10 Å². The van der Waals surface area contributed by atoms with Gasteiger partial charge in [-0.3, -0.25) is 4.68 Å². The predicted octanol–water partition coefficient (Wildman–Crippen LogP) is 2.76. The average molecular weight is 244 g/mol. The molecule has 0 bridgehead atoms. The second-order valence-electron chi connectivity index (χ2n) is 4.56. The van der Waals surface area contributed by atoms with Gasteiger partial charge in [0.05, 0.1) is 11.7 Å². The number of nitrogens with one attached hydrogen (secondary N) is 1. The molecule has 0 aromatic carbocycles. The van der Waals surface area contributed by atoms with Crippen LogP contribution in [-0.4, -0.2) is 16.8 Å². The third-order valence-corrected chi connectivity index (χ3v) is 3.50. The Balaban J connectivity index is 0.00000128. The van der Waals surface area contributed by atoms with Gasteiger partial charge in [0.15, 0.2) is 0 Å². The van der Waals surface area contributed by atoms with E-state index < -0.39 is 0 Å². The summed E-state index contributed by atoms with van der Waals surface area (Å²) in [7, 11) is 1.99. The third kappa shape index (κ3) is 2.41. The summed E-state index contributed by atoms with van der Waals surface area (Å²) in [6.07, 6.45) is 5.34. The Morgan fingerprint density at radius 2 is 1.94 bits per heavy atom. The van der Waals surface area contributed by atoms with Crippen molar-refractivity contribution >= 4 is 12.4 Å². The maximum Gasteiger partial charge on any atom is 0.0641 e. The van der Waals surface area contributed by atoms with Gasteiger partial charge in [0.25, 0.3) is 0 Å². The molecule has 1 aliphatic rings. The first-order valence-corrected chi connectivity index (χ1v) is 5.93. The molecule has 0 spiro atoms. The van der Waals surface area contributed by atoms with Crippen LogP contribution >= 0.6 is 12.4 Å². The zero-order chi connectivity index (χ0) is 10.8. The number of hydrogen-bond acceptors (Lipinski definition) is 2. The van der Waals surface area contributed by atoms with E-state index in [0.29, 0.717) is 6.04 Å². The highest BCUT2D eigenvalue weighted by molar-refractivity contribution is 5.85. The van der Waals surface area contributed by atoms with Crippen molar-refractivity contribution in [1.82, 2.24) is 15.1 Å². The number of aromatic nitrogens is 2. The molecule has 0 aliphatic heterocycles. The van der Waals surface area contributed by atoms with Crippen LogP contribution in [0.2, 0.25) is 0 Å². The zero-order valence-electron chi connectivity index (χ0n) is 10.4. The van der Waals surface area contributed by atoms with Crippen LogP contribution in [-0.2, 0) is 6.54 Å². The van der Waals surface area contributed by atoms with E-state index in [0.717, 1.165) is 6.54 Å². The van der Waals surface area contributed by atoms with Gasteiger partial charge in [-0.25, -0.2) is 0 Å². The van der Waals surface area contributed by atoms with Crippen LogP contribution in [0, 0.1) is 13.8 Å². The molecule has 1 aliphatic carbocycles. The molecular formula is C12H22ClN3. The van der Waals surface area contributed by atoms with Crippen LogP contribution in [0.25, 0.3) is 0 Å². The van der Waals surface area contributed by atoms with Crippen LogP contribution < -0.4 is 5.32 Å². The molecule has 16 heavy (non-hydrogen) atoms. The summed E-state index contributed by atoms with van der Waals surface area (Å²) < 4.78 is 2.26. The first-order chi connectivity index (χ1) is 7.24. The molecule has 1 saturated carbocycles. The summed E-state index contributed by atoms with van der Waals surface area (Å²) in [5, 5.41) is 7.90. The molecule has 4 heteroatoms. The summed E-state index contributed by atoms with van der Waals surface area (Å²) in [5.41, 5.74) is 3.92. The molecule has 1 fully saturated rings. The Kier molecular flexibility index (Phi) is 4.81. The van der Waals surface area contributed by atoms with Gasteiger partial charge in [-0.05, 0) is 33.7 Å². The van der Waals surface area contributed by atoms with Crippen molar-refractivity contribution < 1.29 is 0 Å². The van der Waals surface area contributed by atoms with Crippen molar-refractivity contribution in [3.8, 4) is 0 Å². The van der Waals surface area contributed by atoms with E-state index in [1.54, 1.807) is 0 Å².